The molecule has 21 heavy (non-hydrogen) atoms. The molecule has 4 nitrogen and oxygen atoms in total. The second-order valence-corrected chi connectivity index (χ2v) is 6.07. The molecule has 1 aliphatic rings. The van der Waals surface area contributed by atoms with Crippen LogP contribution < -0.4 is 10.1 Å². The minimum atomic E-state index is 0.175. The molecule has 1 aromatic rings. The first-order valence-corrected chi connectivity index (χ1v) is 7.74. The summed E-state index contributed by atoms with van der Waals surface area (Å²) in [7, 11) is 1.69. The van der Waals surface area contributed by atoms with Crippen molar-refractivity contribution in [3.8, 4) is 5.75 Å². The van der Waals surface area contributed by atoms with Crippen molar-refractivity contribution in [1.29, 1.82) is 0 Å². The topological polar surface area (TPSA) is 41.6 Å². The Balaban J connectivity index is 1.82. The summed E-state index contributed by atoms with van der Waals surface area (Å²) >= 11 is 0. The van der Waals surface area contributed by atoms with E-state index in [0.717, 1.165) is 38.2 Å². The third kappa shape index (κ3) is 4.74. The summed E-state index contributed by atoms with van der Waals surface area (Å²) in [4.78, 5) is 14.4. The van der Waals surface area contributed by atoms with Crippen LogP contribution in [0.5, 0.6) is 5.75 Å². The van der Waals surface area contributed by atoms with Gasteiger partial charge in [-0.3, -0.25) is 9.69 Å². The lowest BCUT2D eigenvalue weighted by molar-refractivity contribution is -0.127. The van der Waals surface area contributed by atoms with Gasteiger partial charge in [0.25, 0.3) is 0 Å². The number of likely N-dealkylation sites (tertiary alicyclic amines) is 1. The molecule has 0 unspecified atom stereocenters. The fourth-order valence-corrected chi connectivity index (χ4v) is 2.78. The molecule has 1 aromatic carbocycles. The van der Waals surface area contributed by atoms with E-state index in [0.29, 0.717) is 0 Å². The van der Waals surface area contributed by atoms with Gasteiger partial charge in [0.2, 0.25) is 5.91 Å². The summed E-state index contributed by atoms with van der Waals surface area (Å²) in [5, 5.41) is 3.02. The molecule has 0 spiro atoms. The fourth-order valence-electron chi connectivity index (χ4n) is 2.78. The lowest BCUT2D eigenvalue weighted by Crippen LogP contribution is -2.42. The van der Waals surface area contributed by atoms with Crippen LogP contribution in [0.1, 0.15) is 32.3 Å². The maximum atomic E-state index is 12.0. The Hall–Kier alpha value is -1.55. The molecule has 1 saturated heterocycles. The summed E-state index contributed by atoms with van der Waals surface area (Å²) < 4.78 is 5.26. The molecule has 1 aliphatic heterocycles. The van der Waals surface area contributed by atoms with Gasteiger partial charge in [-0.2, -0.15) is 0 Å². The average molecular weight is 290 g/mol. The molecule has 0 aliphatic carbocycles. The molecule has 1 amide bonds. The van der Waals surface area contributed by atoms with Gasteiger partial charge in [0.05, 0.1) is 7.11 Å². The van der Waals surface area contributed by atoms with E-state index < -0.39 is 0 Å². The van der Waals surface area contributed by atoms with Gasteiger partial charge in [0.1, 0.15) is 5.75 Å². The highest BCUT2D eigenvalue weighted by Gasteiger charge is 2.25. The summed E-state index contributed by atoms with van der Waals surface area (Å²) in [5.41, 5.74) is 1.26. The second kappa shape index (κ2) is 7.46. The smallest absolute Gasteiger partial charge is 0.223 e. The molecule has 0 bridgehead atoms. The normalized spacial score (nSPS) is 17.0. The van der Waals surface area contributed by atoms with E-state index in [9.17, 15) is 4.79 Å². The van der Waals surface area contributed by atoms with E-state index in [1.54, 1.807) is 7.11 Å². The molecular weight excluding hydrogens is 264 g/mol. The molecular formula is C17H26N2O2. The van der Waals surface area contributed by atoms with E-state index in [2.05, 4.69) is 22.3 Å². The summed E-state index contributed by atoms with van der Waals surface area (Å²) in [6, 6.07) is 8.42. The number of nitrogens with one attached hydrogen (secondary N) is 1. The number of amides is 1. The Kier molecular flexibility index (Phi) is 5.62. The van der Waals surface area contributed by atoms with Gasteiger partial charge in [-0.05, 0) is 57.5 Å². The van der Waals surface area contributed by atoms with Crippen LogP contribution >= 0.6 is 0 Å². The Labute approximate surface area is 127 Å². The lowest BCUT2D eigenvalue weighted by Gasteiger charge is -2.31. The minimum Gasteiger partial charge on any atom is -0.497 e. The zero-order valence-corrected chi connectivity index (χ0v) is 13.3. The van der Waals surface area contributed by atoms with E-state index in [-0.39, 0.29) is 17.9 Å². The molecule has 0 saturated carbocycles. The predicted octanol–water partition coefficient (Wildman–Crippen LogP) is 2.43. The van der Waals surface area contributed by atoms with Crippen LogP contribution in [0, 0.1) is 5.92 Å². The first-order chi connectivity index (χ1) is 10.1. The molecule has 0 radical (unpaired) electrons. The molecule has 0 atom stereocenters. The third-order valence-electron chi connectivity index (χ3n) is 3.93. The van der Waals surface area contributed by atoms with Crippen molar-refractivity contribution in [2.75, 3.05) is 20.2 Å². The van der Waals surface area contributed by atoms with Gasteiger partial charge in [0.15, 0.2) is 0 Å². The number of hydrogen-bond acceptors (Lipinski definition) is 3. The molecule has 116 valence electrons. The minimum absolute atomic E-state index is 0.175. The standard InChI is InChI=1S/C17H26N2O2/c1-13(2)18-17(20)15-7-9-19(10-8-15)12-14-5-4-6-16(11-14)21-3/h4-6,11,13,15H,7-10,12H2,1-3H3,(H,18,20). The molecule has 4 heteroatoms. The number of hydrogen-bond donors (Lipinski definition) is 1. The Morgan fingerprint density at radius 3 is 2.71 bits per heavy atom. The number of benzene rings is 1. The Morgan fingerprint density at radius 2 is 2.10 bits per heavy atom. The second-order valence-electron chi connectivity index (χ2n) is 6.07. The molecule has 1 N–H and O–H groups in total. The zero-order valence-electron chi connectivity index (χ0n) is 13.3. The number of carbonyl (C=O) groups excluding carboxylic acids is 1. The van der Waals surface area contributed by atoms with Gasteiger partial charge in [-0.1, -0.05) is 12.1 Å². The van der Waals surface area contributed by atoms with Crippen LogP contribution in [-0.4, -0.2) is 37.0 Å². The van der Waals surface area contributed by atoms with Gasteiger partial charge >= 0.3 is 0 Å². The third-order valence-corrected chi connectivity index (χ3v) is 3.93. The van der Waals surface area contributed by atoms with Gasteiger partial charge < -0.3 is 10.1 Å². The van der Waals surface area contributed by atoms with Crippen molar-refractivity contribution in [2.45, 2.75) is 39.3 Å². The first-order valence-electron chi connectivity index (χ1n) is 7.74. The average Bonchev–Trinajstić information content (AvgIpc) is 2.47. The lowest BCUT2D eigenvalue weighted by atomic mass is 9.95. The molecule has 2 rings (SSSR count). The van der Waals surface area contributed by atoms with Crippen LogP contribution in [0.2, 0.25) is 0 Å². The van der Waals surface area contributed by atoms with Crippen LogP contribution in [0.15, 0.2) is 24.3 Å². The van der Waals surface area contributed by atoms with Crippen LogP contribution in [0.4, 0.5) is 0 Å². The van der Waals surface area contributed by atoms with Crippen LogP contribution in [-0.2, 0) is 11.3 Å². The van der Waals surface area contributed by atoms with Gasteiger partial charge in [-0.25, -0.2) is 0 Å². The number of rotatable bonds is 5. The maximum absolute atomic E-state index is 12.0. The number of piperidine rings is 1. The largest absolute Gasteiger partial charge is 0.497 e. The molecule has 1 heterocycles. The zero-order chi connectivity index (χ0) is 15.2. The van der Waals surface area contributed by atoms with E-state index in [4.69, 9.17) is 4.74 Å². The summed E-state index contributed by atoms with van der Waals surface area (Å²) in [6.07, 6.45) is 1.89. The van der Waals surface area contributed by atoms with Crippen LogP contribution in [0.3, 0.4) is 0 Å². The number of methoxy groups -OCH3 is 1. The fraction of sp³-hybridized carbons (Fsp3) is 0.588. The molecule has 0 aromatic heterocycles. The van der Waals surface area contributed by atoms with Crippen molar-refractivity contribution in [3.05, 3.63) is 29.8 Å². The maximum Gasteiger partial charge on any atom is 0.223 e. The quantitative estimate of drug-likeness (QED) is 0.905. The Morgan fingerprint density at radius 1 is 1.38 bits per heavy atom. The van der Waals surface area contributed by atoms with Crippen LogP contribution in [0.25, 0.3) is 0 Å². The van der Waals surface area contributed by atoms with Crippen molar-refractivity contribution >= 4 is 5.91 Å². The summed E-state index contributed by atoms with van der Waals surface area (Å²) in [6.45, 7) is 6.90. The van der Waals surface area contributed by atoms with Crippen molar-refractivity contribution in [1.82, 2.24) is 10.2 Å². The highest BCUT2D eigenvalue weighted by Crippen LogP contribution is 2.21. The van der Waals surface area contributed by atoms with E-state index >= 15 is 0 Å². The highest BCUT2D eigenvalue weighted by atomic mass is 16.5. The Bertz CT molecular complexity index is 466. The first kappa shape index (κ1) is 15.8. The SMILES string of the molecule is COc1cccc(CN2CCC(C(=O)NC(C)C)CC2)c1. The van der Waals surface area contributed by atoms with Crippen molar-refractivity contribution < 1.29 is 9.53 Å². The molecule has 1 fully saturated rings. The number of ether oxygens (including phenoxy) is 1. The predicted molar refractivity (Wildman–Crippen MR) is 84.3 cm³/mol. The van der Waals surface area contributed by atoms with Crippen molar-refractivity contribution in [3.63, 3.8) is 0 Å². The van der Waals surface area contributed by atoms with E-state index in [1.165, 1.54) is 5.56 Å². The number of nitrogens with zero attached hydrogens (tertiary/aromatic N) is 1. The van der Waals surface area contributed by atoms with Gasteiger partial charge in [0, 0.05) is 18.5 Å². The number of carbonyl (C=O) groups is 1. The highest BCUT2D eigenvalue weighted by molar-refractivity contribution is 5.78. The summed E-state index contributed by atoms with van der Waals surface area (Å²) in [5.74, 6) is 1.29. The monoisotopic (exact) mass is 290 g/mol. The van der Waals surface area contributed by atoms with Gasteiger partial charge in [-0.15, -0.1) is 0 Å². The van der Waals surface area contributed by atoms with E-state index in [1.807, 2.05) is 26.0 Å². The van der Waals surface area contributed by atoms with Crippen molar-refractivity contribution in [2.24, 2.45) is 5.92 Å².